The first-order valence-corrected chi connectivity index (χ1v) is 15.8. The van der Waals surface area contributed by atoms with E-state index in [1.165, 1.54) is 0 Å². The lowest BCUT2D eigenvalue weighted by atomic mass is 10.1. The van der Waals surface area contributed by atoms with Crippen molar-refractivity contribution in [3.8, 4) is 0 Å². The second-order valence-electron chi connectivity index (χ2n) is 13.3. The number of carbonyl (C=O) groups excluding carboxylic acids is 5. The fourth-order valence-electron chi connectivity index (χ4n) is 3.64. The molecule has 0 bridgehead atoms. The van der Waals surface area contributed by atoms with E-state index in [9.17, 15) is 24.0 Å². The number of urea groups is 2. The Morgan fingerprint density at radius 1 is 0.682 bits per heavy atom. The summed E-state index contributed by atoms with van der Waals surface area (Å²) in [6.07, 6.45) is 1.02. The molecule has 0 fully saturated rings. The van der Waals surface area contributed by atoms with Crippen LogP contribution in [0.5, 0.6) is 0 Å². The van der Waals surface area contributed by atoms with Crippen molar-refractivity contribution in [1.82, 2.24) is 16.0 Å². The second kappa shape index (κ2) is 17.4. The molecular weight excluding hydrogens is 683 g/mol. The SMILES string of the molecule is CC(C)(C)OC(=O)CC[C@H](NC(=O)N[C@@H](CCCCNC(=O)Nc1ccc(I)cc1)C(=O)OC(C)(C)C)C(=O)OC(C)(C)C. The molecule has 248 valence electrons. The van der Waals surface area contributed by atoms with Crippen LogP contribution in [0.25, 0.3) is 0 Å². The van der Waals surface area contributed by atoms with E-state index in [2.05, 4.69) is 43.9 Å². The van der Waals surface area contributed by atoms with E-state index in [1.54, 1.807) is 74.4 Å². The van der Waals surface area contributed by atoms with Gasteiger partial charge in [-0.05, 0) is 135 Å². The molecule has 13 heteroatoms. The first-order valence-electron chi connectivity index (χ1n) is 14.7. The number of hydrogen-bond donors (Lipinski definition) is 4. The molecule has 1 aromatic carbocycles. The van der Waals surface area contributed by atoms with Gasteiger partial charge in [-0.15, -0.1) is 0 Å². The molecule has 0 radical (unpaired) electrons. The fourth-order valence-corrected chi connectivity index (χ4v) is 4.00. The van der Waals surface area contributed by atoms with Gasteiger partial charge in [-0.1, -0.05) is 0 Å². The Morgan fingerprint density at radius 3 is 1.64 bits per heavy atom. The Kier molecular flexibility index (Phi) is 15.4. The maximum absolute atomic E-state index is 13.0. The van der Waals surface area contributed by atoms with Gasteiger partial charge >= 0.3 is 30.0 Å². The highest BCUT2D eigenvalue weighted by molar-refractivity contribution is 14.1. The van der Waals surface area contributed by atoms with Gasteiger partial charge in [0.2, 0.25) is 0 Å². The summed E-state index contributed by atoms with van der Waals surface area (Å²) in [4.78, 5) is 63.3. The van der Waals surface area contributed by atoms with Crippen molar-refractivity contribution in [3.63, 3.8) is 0 Å². The predicted molar refractivity (Wildman–Crippen MR) is 176 cm³/mol. The molecule has 0 aliphatic carbocycles. The molecule has 1 rings (SSSR count). The zero-order valence-electron chi connectivity index (χ0n) is 27.4. The number of halogens is 1. The molecule has 12 nitrogen and oxygen atoms in total. The van der Waals surface area contributed by atoms with E-state index >= 15 is 0 Å². The standard InChI is InChI=1S/C31H49IN4O8/c1-29(2,3)42-24(37)18-17-23(26(39)44-31(7,8)9)36-28(41)35-22(25(38)43-30(4,5)6)12-10-11-19-33-27(40)34-21-15-13-20(32)14-16-21/h13-16,22-23H,10-12,17-19H2,1-9H3,(H2,33,34,40)(H2,35,36,41)/t22-,23-/m0/s1. The van der Waals surface area contributed by atoms with E-state index in [0.29, 0.717) is 25.1 Å². The number of unbranched alkanes of at least 4 members (excludes halogenated alkanes) is 1. The van der Waals surface area contributed by atoms with Gasteiger partial charge in [0.15, 0.2) is 0 Å². The number of carbonyl (C=O) groups is 5. The number of rotatable bonds is 13. The van der Waals surface area contributed by atoms with Gasteiger partial charge in [-0.3, -0.25) is 4.79 Å². The number of esters is 3. The zero-order valence-corrected chi connectivity index (χ0v) is 29.5. The Hall–Kier alpha value is -3.10. The highest BCUT2D eigenvalue weighted by Crippen LogP contribution is 2.15. The summed E-state index contributed by atoms with van der Waals surface area (Å²) < 4.78 is 17.3. The molecule has 4 amide bonds. The zero-order chi connectivity index (χ0) is 33.7. The van der Waals surface area contributed by atoms with Gasteiger partial charge in [0.25, 0.3) is 0 Å². The maximum atomic E-state index is 13.0. The van der Waals surface area contributed by atoms with Gasteiger partial charge in [-0.2, -0.15) is 0 Å². The first-order chi connectivity index (χ1) is 20.1. The summed E-state index contributed by atoms with van der Waals surface area (Å²) in [6.45, 7) is 15.8. The van der Waals surface area contributed by atoms with Crippen LogP contribution in [0.4, 0.5) is 15.3 Å². The summed E-state index contributed by atoms with van der Waals surface area (Å²) >= 11 is 2.18. The molecule has 0 spiro atoms. The van der Waals surface area contributed by atoms with Crippen LogP contribution < -0.4 is 21.3 Å². The number of benzene rings is 1. The molecule has 0 saturated carbocycles. The number of amides is 4. The normalized spacial score (nSPS) is 13.1. The van der Waals surface area contributed by atoms with Crippen LogP contribution in [0.3, 0.4) is 0 Å². The summed E-state index contributed by atoms with van der Waals surface area (Å²) in [7, 11) is 0. The molecule has 4 N–H and O–H groups in total. The van der Waals surface area contributed by atoms with Crippen LogP contribution in [-0.4, -0.2) is 65.4 Å². The van der Waals surface area contributed by atoms with Crippen molar-refractivity contribution in [2.45, 2.75) is 123 Å². The summed E-state index contributed by atoms with van der Waals surface area (Å²) in [5, 5.41) is 10.7. The number of anilines is 1. The summed E-state index contributed by atoms with van der Waals surface area (Å²) in [6, 6.07) is 4.02. The lowest BCUT2D eigenvalue weighted by Gasteiger charge is -2.27. The molecule has 1 aromatic rings. The van der Waals surface area contributed by atoms with Crippen LogP contribution >= 0.6 is 22.6 Å². The Morgan fingerprint density at radius 2 is 1.16 bits per heavy atom. The van der Waals surface area contributed by atoms with Crippen LogP contribution in [0, 0.1) is 3.57 Å². The van der Waals surface area contributed by atoms with Crippen LogP contribution in [0.2, 0.25) is 0 Å². The molecule has 0 aliphatic rings. The average Bonchev–Trinajstić information content (AvgIpc) is 2.83. The van der Waals surface area contributed by atoms with Gasteiger partial charge in [-0.25, -0.2) is 19.2 Å². The number of hydrogen-bond acceptors (Lipinski definition) is 8. The topological polar surface area (TPSA) is 161 Å². The van der Waals surface area contributed by atoms with Gasteiger partial charge in [0.1, 0.15) is 28.9 Å². The molecule has 0 aromatic heterocycles. The van der Waals surface area contributed by atoms with Crippen molar-refractivity contribution < 1.29 is 38.2 Å². The third-order valence-electron chi connectivity index (χ3n) is 5.36. The number of ether oxygens (including phenoxy) is 3. The van der Waals surface area contributed by atoms with Crippen molar-refractivity contribution in [1.29, 1.82) is 0 Å². The van der Waals surface area contributed by atoms with E-state index in [4.69, 9.17) is 14.2 Å². The average molecular weight is 733 g/mol. The second-order valence-corrected chi connectivity index (χ2v) is 14.5. The van der Waals surface area contributed by atoms with Gasteiger partial charge < -0.3 is 35.5 Å². The van der Waals surface area contributed by atoms with Crippen molar-refractivity contribution in [2.75, 3.05) is 11.9 Å². The van der Waals surface area contributed by atoms with Gasteiger partial charge in [0.05, 0.1) is 0 Å². The van der Waals surface area contributed by atoms with Crippen molar-refractivity contribution in [3.05, 3.63) is 27.8 Å². The molecular formula is C31H49IN4O8. The lowest BCUT2D eigenvalue weighted by molar-refractivity contribution is -0.159. The minimum atomic E-state index is -1.17. The lowest BCUT2D eigenvalue weighted by Crippen LogP contribution is -2.53. The highest BCUT2D eigenvalue weighted by Gasteiger charge is 2.31. The van der Waals surface area contributed by atoms with E-state index in [0.717, 1.165) is 3.57 Å². The first kappa shape index (κ1) is 38.9. The molecule has 2 atom stereocenters. The van der Waals surface area contributed by atoms with E-state index in [1.807, 2.05) is 12.1 Å². The van der Waals surface area contributed by atoms with Crippen LogP contribution in [-0.2, 0) is 28.6 Å². The summed E-state index contributed by atoms with van der Waals surface area (Å²) in [5.41, 5.74) is -1.67. The Labute approximate surface area is 274 Å². The fraction of sp³-hybridized carbons (Fsp3) is 0.645. The maximum Gasteiger partial charge on any atom is 0.329 e. The van der Waals surface area contributed by atoms with Crippen LogP contribution in [0.1, 0.15) is 94.4 Å². The Balaban J connectivity index is 2.81. The molecule has 0 heterocycles. The largest absolute Gasteiger partial charge is 0.460 e. The van der Waals surface area contributed by atoms with Crippen LogP contribution in [0.15, 0.2) is 24.3 Å². The molecule has 0 aliphatic heterocycles. The highest BCUT2D eigenvalue weighted by atomic mass is 127. The smallest absolute Gasteiger partial charge is 0.329 e. The third kappa shape index (κ3) is 18.5. The van der Waals surface area contributed by atoms with E-state index in [-0.39, 0.29) is 25.3 Å². The molecule has 44 heavy (non-hydrogen) atoms. The monoisotopic (exact) mass is 732 g/mol. The number of nitrogens with one attached hydrogen (secondary N) is 4. The molecule has 0 unspecified atom stereocenters. The Bertz CT molecular complexity index is 1120. The van der Waals surface area contributed by atoms with Gasteiger partial charge in [0, 0.05) is 22.2 Å². The molecule has 0 saturated heterocycles. The predicted octanol–water partition coefficient (Wildman–Crippen LogP) is 5.42. The minimum absolute atomic E-state index is 0.0652. The van der Waals surface area contributed by atoms with Crippen molar-refractivity contribution >= 4 is 58.2 Å². The summed E-state index contributed by atoms with van der Waals surface area (Å²) in [5.74, 6) is -1.89. The quantitative estimate of drug-likeness (QED) is 0.0905. The minimum Gasteiger partial charge on any atom is -0.460 e. The third-order valence-corrected chi connectivity index (χ3v) is 6.08. The van der Waals surface area contributed by atoms with Crippen molar-refractivity contribution in [2.24, 2.45) is 0 Å². The van der Waals surface area contributed by atoms with E-state index < -0.39 is 52.8 Å².